The first-order valence-corrected chi connectivity index (χ1v) is 8.66. The average Bonchev–Trinajstić information content (AvgIpc) is 2.53. The maximum Gasteiger partial charge on any atom is 0.225 e. The molecule has 1 N–H and O–H groups in total. The fraction of sp³-hybridized carbons (Fsp3) is 0.632. The van der Waals surface area contributed by atoms with Gasteiger partial charge in [0, 0.05) is 31.1 Å². The highest BCUT2D eigenvalue weighted by atomic mass is 16.5. The van der Waals surface area contributed by atoms with Crippen molar-refractivity contribution in [3.63, 3.8) is 0 Å². The van der Waals surface area contributed by atoms with E-state index in [-0.39, 0.29) is 11.3 Å². The summed E-state index contributed by atoms with van der Waals surface area (Å²) in [5, 5.41) is 3.18. The molecule has 1 aromatic carbocycles. The lowest BCUT2D eigenvalue weighted by Crippen LogP contribution is -2.47. The van der Waals surface area contributed by atoms with E-state index in [0.29, 0.717) is 6.04 Å². The summed E-state index contributed by atoms with van der Waals surface area (Å²) in [5.74, 6) is 1.10. The van der Waals surface area contributed by atoms with Gasteiger partial charge in [-0.15, -0.1) is 0 Å². The van der Waals surface area contributed by atoms with Gasteiger partial charge < -0.3 is 15.0 Å². The van der Waals surface area contributed by atoms with Gasteiger partial charge in [0.15, 0.2) is 0 Å². The quantitative estimate of drug-likeness (QED) is 0.820. The van der Waals surface area contributed by atoms with Crippen molar-refractivity contribution in [2.45, 2.75) is 46.1 Å². The van der Waals surface area contributed by atoms with Gasteiger partial charge in [-0.2, -0.15) is 0 Å². The van der Waals surface area contributed by atoms with E-state index in [4.69, 9.17) is 4.74 Å². The predicted octanol–water partition coefficient (Wildman–Crippen LogP) is 3.08. The summed E-state index contributed by atoms with van der Waals surface area (Å²) in [6, 6.07) is 10.3. The molecule has 0 spiro atoms. The number of hydrogen-bond acceptors (Lipinski definition) is 3. The molecule has 23 heavy (non-hydrogen) atoms. The molecule has 1 heterocycles. The molecule has 0 saturated carbocycles. The molecular formula is C19H30N2O2. The zero-order valence-electron chi connectivity index (χ0n) is 14.7. The molecule has 0 unspecified atom stereocenters. The monoisotopic (exact) mass is 318 g/mol. The Labute approximate surface area is 140 Å². The number of para-hydroxylation sites is 1. The number of carbonyl (C=O) groups is 1. The Kier molecular flexibility index (Phi) is 6.46. The molecule has 0 aliphatic carbocycles. The number of carbonyl (C=O) groups excluding carboxylic acids is 1. The van der Waals surface area contributed by atoms with Crippen molar-refractivity contribution in [3.05, 3.63) is 30.3 Å². The van der Waals surface area contributed by atoms with Gasteiger partial charge in [-0.05, 0) is 31.4 Å². The Bertz CT molecular complexity index is 474. The zero-order chi connectivity index (χ0) is 16.7. The number of amides is 1. The molecule has 1 aromatic rings. The van der Waals surface area contributed by atoms with Gasteiger partial charge in [0.25, 0.3) is 0 Å². The van der Waals surface area contributed by atoms with Crippen LogP contribution in [0.2, 0.25) is 0 Å². The van der Waals surface area contributed by atoms with Crippen molar-refractivity contribution in [1.82, 2.24) is 10.2 Å². The summed E-state index contributed by atoms with van der Waals surface area (Å²) >= 11 is 0. The number of nitrogens with one attached hydrogen (secondary N) is 1. The van der Waals surface area contributed by atoms with Crippen LogP contribution >= 0.6 is 0 Å². The van der Waals surface area contributed by atoms with Crippen molar-refractivity contribution in [2.75, 3.05) is 26.2 Å². The van der Waals surface area contributed by atoms with E-state index in [2.05, 4.69) is 10.2 Å². The number of nitrogens with zero attached hydrogens (tertiary/aromatic N) is 1. The molecule has 0 atom stereocenters. The van der Waals surface area contributed by atoms with Crippen molar-refractivity contribution in [1.29, 1.82) is 0 Å². The molecule has 2 rings (SSSR count). The normalized spacial score (nSPS) is 17.0. The fourth-order valence-corrected chi connectivity index (χ4v) is 2.70. The molecule has 0 radical (unpaired) electrons. The Balaban J connectivity index is 1.59. The van der Waals surface area contributed by atoms with Crippen LogP contribution in [0, 0.1) is 5.41 Å². The lowest BCUT2D eigenvalue weighted by molar-refractivity contribution is -0.129. The summed E-state index contributed by atoms with van der Waals surface area (Å²) in [6.07, 6.45) is 3.12. The first-order chi connectivity index (χ1) is 10.9. The Morgan fingerprint density at radius 3 is 2.48 bits per heavy atom. The van der Waals surface area contributed by atoms with E-state index in [1.165, 1.54) is 0 Å². The molecule has 4 heteroatoms. The van der Waals surface area contributed by atoms with E-state index < -0.39 is 0 Å². The maximum atomic E-state index is 12.0. The van der Waals surface area contributed by atoms with Gasteiger partial charge in [0.05, 0.1) is 6.61 Å². The van der Waals surface area contributed by atoms with Crippen LogP contribution in [0.15, 0.2) is 30.3 Å². The molecular weight excluding hydrogens is 288 g/mol. The first-order valence-electron chi connectivity index (χ1n) is 8.66. The van der Waals surface area contributed by atoms with Gasteiger partial charge in [-0.25, -0.2) is 0 Å². The minimum absolute atomic E-state index is 0.159. The van der Waals surface area contributed by atoms with Gasteiger partial charge >= 0.3 is 0 Å². The smallest absolute Gasteiger partial charge is 0.225 e. The second-order valence-corrected chi connectivity index (χ2v) is 7.35. The maximum absolute atomic E-state index is 12.0. The molecule has 0 bridgehead atoms. The summed E-state index contributed by atoms with van der Waals surface area (Å²) in [7, 11) is 0. The van der Waals surface area contributed by atoms with Crippen LogP contribution in [0.5, 0.6) is 5.75 Å². The fourth-order valence-electron chi connectivity index (χ4n) is 2.70. The van der Waals surface area contributed by atoms with Crippen molar-refractivity contribution in [2.24, 2.45) is 5.41 Å². The van der Waals surface area contributed by atoms with Gasteiger partial charge in [0.1, 0.15) is 5.75 Å². The highest BCUT2D eigenvalue weighted by molar-refractivity contribution is 5.81. The average molecular weight is 318 g/mol. The summed E-state index contributed by atoms with van der Waals surface area (Å²) < 4.78 is 5.72. The first kappa shape index (κ1) is 17.8. The minimum atomic E-state index is -0.300. The molecule has 1 fully saturated rings. The SMILES string of the molecule is CC(C)(C)C(=O)NC1CCN(CCCOc2ccccc2)CC1. The number of likely N-dealkylation sites (tertiary alicyclic amines) is 1. The predicted molar refractivity (Wildman–Crippen MR) is 93.6 cm³/mol. The number of ether oxygens (including phenoxy) is 1. The lowest BCUT2D eigenvalue weighted by Gasteiger charge is -2.33. The van der Waals surface area contributed by atoms with Crippen LogP contribution in [0.4, 0.5) is 0 Å². The molecule has 0 aromatic heterocycles. The van der Waals surface area contributed by atoms with Crippen LogP contribution in [0.1, 0.15) is 40.0 Å². The van der Waals surface area contributed by atoms with Crippen LogP contribution < -0.4 is 10.1 Å². The van der Waals surface area contributed by atoms with Crippen molar-refractivity contribution < 1.29 is 9.53 Å². The van der Waals surface area contributed by atoms with Crippen LogP contribution in [0.3, 0.4) is 0 Å². The Hall–Kier alpha value is -1.55. The third-order valence-corrected chi connectivity index (χ3v) is 4.23. The third kappa shape index (κ3) is 6.22. The van der Waals surface area contributed by atoms with E-state index in [1.54, 1.807) is 0 Å². The number of piperidine rings is 1. The lowest BCUT2D eigenvalue weighted by atomic mass is 9.94. The Morgan fingerprint density at radius 1 is 1.22 bits per heavy atom. The topological polar surface area (TPSA) is 41.6 Å². The van der Waals surface area contributed by atoms with E-state index in [9.17, 15) is 4.79 Å². The second kappa shape index (κ2) is 8.34. The van der Waals surface area contributed by atoms with Gasteiger partial charge in [-0.1, -0.05) is 39.0 Å². The molecule has 1 aliphatic heterocycles. The largest absolute Gasteiger partial charge is 0.494 e. The molecule has 1 amide bonds. The summed E-state index contributed by atoms with van der Waals surface area (Å²) in [6.45, 7) is 9.82. The zero-order valence-corrected chi connectivity index (χ0v) is 14.7. The highest BCUT2D eigenvalue weighted by Crippen LogP contribution is 2.16. The van der Waals surface area contributed by atoms with Gasteiger partial charge in [-0.3, -0.25) is 4.79 Å². The van der Waals surface area contributed by atoms with Crippen molar-refractivity contribution in [3.8, 4) is 5.75 Å². The van der Waals surface area contributed by atoms with Crippen LogP contribution in [-0.4, -0.2) is 43.1 Å². The molecule has 4 nitrogen and oxygen atoms in total. The van der Waals surface area contributed by atoms with Crippen LogP contribution in [0.25, 0.3) is 0 Å². The number of benzene rings is 1. The van der Waals surface area contributed by atoms with Crippen molar-refractivity contribution >= 4 is 5.91 Å². The standard InChI is InChI=1S/C19H30N2O2/c1-19(2,3)18(22)20-16-10-13-21(14-11-16)12-7-15-23-17-8-5-4-6-9-17/h4-6,8-9,16H,7,10-15H2,1-3H3,(H,20,22). The van der Waals surface area contributed by atoms with Gasteiger partial charge in [0.2, 0.25) is 5.91 Å². The second-order valence-electron chi connectivity index (χ2n) is 7.35. The van der Waals surface area contributed by atoms with E-state index in [1.807, 2.05) is 51.1 Å². The van der Waals surface area contributed by atoms with E-state index >= 15 is 0 Å². The summed E-state index contributed by atoms with van der Waals surface area (Å²) in [5.41, 5.74) is -0.300. The minimum Gasteiger partial charge on any atom is -0.494 e. The highest BCUT2D eigenvalue weighted by Gasteiger charge is 2.26. The number of rotatable bonds is 6. The number of hydrogen-bond donors (Lipinski definition) is 1. The van der Waals surface area contributed by atoms with Crippen LogP contribution in [-0.2, 0) is 4.79 Å². The molecule has 1 aliphatic rings. The molecule has 1 saturated heterocycles. The summed E-state index contributed by atoms with van der Waals surface area (Å²) in [4.78, 5) is 14.5. The third-order valence-electron chi connectivity index (χ3n) is 4.23. The molecule has 128 valence electrons. The Morgan fingerprint density at radius 2 is 1.87 bits per heavy atom. The van der Waals surface area contributed by atoms with E-state index in [0.717, 1.165) is 51.3 Å².